The van der Waals surface area contributed by atoms with E-state index in [4.69, 9.17) is 5.11 Å². The van der Waals surface area contributed by atoms with Crippen LogP contribution in [0, 0.1) is 0 Å². The molecule has 1 aliphatic heterocycles. The van der Waals surface area contributed by atoms with Gasteiger partial charge in [-0.15, -0.1) is 0 Å². The molecule has 0 bridgehead atoms. The zero-order chi connectivity index (χ0) is 11.0. The van der Waals surface area contributed by atoms with Crippen LogP contribution in [0.15, 0.2) is 6.07 Å². The molecule has 0 saturated carbocycles. The molecule has 5 heteroatoms. The number of H-pyrrole nitrogens is 1. The van der Waals surface area contributed by atoms with Crippen molar-refractivity contribution in [1.82, 2.24) is 9.88 Å². The Morgan fingerprint density at radius 1 is 1.53 bits per heavy atom. The third kappa shape index (κ3) is 1.72. The summed E-state index contributed by atoms with van der Waals surface area (Å²) >= 11 is 0. The molecule has 0 unspecified atom stereocenters. The highest BCUT2D eigenvalue weighted by atomic mass is 16.4. The number of aromatic amines is 1. The van der Waals surface area contributed by atoms with Crippen LogP contribution in [0.1, 0.15) is 28.7 Å². The zero-order valence-corrected chi connectivity index (χ0v) is 8.41. The van der Waals surface area contributed by atoms with E-state index in [1.807, 2.05) is 0 Å². The topological polar surface area (TPSA) is 73.4 Å². The fourth-order valence-corrected chi connectivity index (χ4v) is 1.82. The normalized spacial score (nSPS) is 14.9. The van der Waals surface area contributed by atoms with E-state index in [0.717, 1.165) is 11.3 Å². The summed E-state index contributed by atoms with van der Waals surface area (Å²) in [6.07, 6.45) is 0.697. The van der Waals surface area contributed by atoms with Crippen LogP contribution in [0.2, 0.25) is 0 Å². The summed E-state index contributed by atoms with van der Waals surface area (Å²) in [5.41, 5.74) is 2.05. The highest BCUT2D eigenvalue weighted by Crippen LogP contribution is 2.19. The van der Waals surface area contributed by atoms with E-state index < -0.39 is 5.97 Å². The average Bonchev–Trinajstić information content (AvgIpc) is 2.59. The fourth-order valence-electron chi connectivity index (χ4n) is 1.82. The summed E-state index contributed by atoms with van der Waals surface area (Å²) in [6, 6.07) is 1.60. The Labute approximate surface area is 86.7 Å². The Hall–Kier alpha value is -1.78. The molecule has 0 atom stereocenters. The van der Waals surface area contributed by atoms with Crippen molar-refractivity contribution < 1.29 is 14.7 Å². The molecule has 2 rings (SSSR count). The molecule has 80 valence electrons. The molecule has 0 radical (unpaired) electrons. The molecule has 1 amide bonds. The molecule has 15 heavy (non-hydrogen) atoms. The summed E-state index contributed by atoms with van der Waals surface area (Å²) in [5.74, 6) is -0.933. The number of carbonyl (C=O) groups is 2. The van der Waals surface area contributed by atoms with Crippen LogP contribution >= 0.6 is 0 Å². The number of nitrogens with one attached hydrogen (secondary N) is 1. The lowest BCUT2D eigenvalue weighted by Gasteiger charge is -2.25. The van der Waals surface area contributed by atoms with Crippen LogP contribution in [0.5, 0.6) is 0 Å². The lowest BCUT2D eigenvalue weighted by molar-refractivity contribution is -0.129. The number of amides is 1. The first kappa shape index (κ1) is 9.76. The van der Waals surface area contributed by atoms with E-state index >= 15 is 0 Å². The van der Waals surface area contributed by atoms with Gasteiger partial charge < -0.3 is 15.0 Å². The van der Waals surface area contributed by atoms with Gasteiger partial charge in [0.05, 0.1) is 0 Å². The lowest BCUT2D eigenvalue weighted by atomic mass is 10.1. The summed E-state index contributed by atoms with van der Waals surface area (Å²) in [7, 11) is 0. The lowest BCUT2D eigenvalue weighted by Crippen LogP contribution is -2.33. The number of rotatable bonds is 1. The Bertz CT molecular complexity index is 422. The van der Waals surface area contributed by atoms with Crippen molar-refractivity contribution in [3.8, 4) is 0 Å². The molecular formula is C10H12N2O3. The summed E-state index contributed by atoms with van der Waals surface area (Å²) in [4.78, 5) is 26.4. The Morgan fingerprint density at radius 3 is 2.87 bits per heavy atom. The minimum atomic E-state index is -0.959. The fraction of sp³-hybridized carbons (Fsp3) is 0.400. The third-order valence-corrected chi connectivity index (χ3v) is 2.66. The van der Waals surface area contributed by atoms with E-state index in [0.29, 0.717) is 19.5 Å². The van der Waals surface area contributed by atoms with E-state index in [1.54, 1.807) is 11.0 Å². The smallest absolute Gasteiger partial charge is 0.352 e. The second kappa shape index (κ2) is 3.42. The van der Waals surface area contributed by atoms with Gasteiger partial charge in [-0.2, -0.15) is 0 Å². The molecule has 2 heterocycles. The van der Waals surface area contributed by atoms with E-state index in [2.05, 4.69) is 4.98 Å². The van der Waals surface area contributed by atoms with Gasteiger partial charge in [0.15, 0.2) is 0 Å². The number of nitrogens with zero attached hydrogens (tertiary/aromatic N) is 1. The van der Waals surface area contributed by atoms with Crippen LogP contribution in [0.3, 0.4) is 0 Å². The largest absolute Gasteiger partial charge is 0.477 e. The highest BCUT2D eigenvalue weighted by Gasteiger charge is 2.21. The number of hydrogen-bond donors (Lipinski definition) is 2. The first-order chi connectivity index (χ1) is 7.08. The van der Waals surface area contributed by atoms with Crippen LogP contribution in [0.4, 0.5) is 0 Å². The second-order valence-electron chi connectivity index (χ2n) is 3.68. The van der Waals surface area contributed by atoms with Crippen LogP contribution in [-0.2, 0) is 17.8 Å². The monoisotopic (exact) mass is 208 g/mol. The minimum Gasteiger partial charge on any atom is -0.477 e. The highest BCUT2D eigenvalue weighted by molar-refractivity contribution is 5.86. The maximum Gasteiger partial charge on any atom is 0.352 e. The Kier molecular flexibility index (Phi) is 2.22. The third-order valence-electron chi connectivity index (χ3n) is 2.66. The molecule has 0 aromatic carbocycles. The molecule has 1 aliphatic rings. The van der Waals surface area contributed by atoms with Crippen molar-refractivity contribution in [3.05, 3.63) is 23.0 Å². The van der Waals surface area contributed by atoms with E-state index in [-0.39, 0.29) is 11.6 Å². The summed E-state index contributed by atoms with van der Waals surface area (Å²) in [6.45, 7) is 2.69. The SMILES string of the molecule is CC(=O)N1CCc2[nH]c(C(=O)O)cc2C1. The zero-order valence-electron chi connectivity index (χ0n) is 8.41. The number of aromatic nitrogens is 1. The van der Waals surface area contributed by atoms with Gasteiger partial charge in [0.1, 0.15) is 5.69 Å². The molecule has 0 saturated heterocycles. The van der Waals surface area contributed by atoms with Crippen molar-refractivity contribution in [1.29, 1.82) is 0 Å². The van der Waals surface area contributed by atoms with Gasteiger partial charge >= 0.3 is 5.97 Å². The molecule has 0 fully saturated rings. The summed E-state index contributed by atoms with van der Waals surface area (Å²) in [5, 5.41) is 8.80. The maximum atomic E-state index is 11.1. The molecule has 0 spiro atoms. The van der Waals surface area contributed by atoms with E-state index in [1.165, 1.54) is 6.92 Å². The Balaban J connectivity index is 2.26. The van der Waals surface area contributed by atoms with Crippen molar-refractivity contribution in [2.45, 2.75) is 19.9 Å². The molecule has 1 aromatic heterocycles. The molecule has 2 N–H and O–H groups in total. The first-order valence-electron chi connectivity index (χ1n) is 4.77. The Morgan fingerprint density at radius 2 is 2.27 bits per heavy atom. The molecule has 5 nitrogen and oxygen atoms in total. The number of carbonyl (C=O) groups excluding carboxylic acids is 1. The van der Waals surface area contributed by atoms with Crippen molar-refractivity contribution >= 4 is 11.9 Å². The molecular weight excluding hydrogens is 196 g/mol. The maximum absolute atomic E-state index is 11.1. The van der Waals surface area contributed by atoms with E-state index in [9.17, 15) is 9.59 Å². The van der Waals surface area contributed by atoms with Gasteiger partial charge in [-0.05, 0) is 11.6 Å². The van der Waals surface area contributed by atoms with Crippen LogP contribution in [0.25, 0.3) is 0 Å². The second-order valence-corrected chi connectivity index (χ2v) is 3.68. The van der Waals surface area contributed by atoms with Gasteiger partial charge in [0, 0.05) is 32.1 Å². The number of hydrogen-bond acceptors (Lipinski definition) is 2. The molecule has 0 aliphatic carbocycles. The number of fused-ring (bicyclic) bond motifs is 1. The van der Waals surface area contributed by atoms with Gasteiger partial charge in [-0.25, -0.2) is 4.79 Å². The van der Waals surface area contributed by atoms with Crippen molar-refractivity contribution in [3.63, 3.8) is 0 Å². The number of carboxylic acid groups (broad SMARTS) is 1. The van der Waals surface area contributed by atoms with Crippen molar-refractivity contribution in [2.24, 2.45) is 0 Å². The minimum absolute atomic E-state index is 0.0266. The van der Waals surface area contributed by atoms with Crippen LogP contribution in [-0.4, -0.2) is 33.4 Å². The van der Waals surface area contributed by atoms with Crippen LogP contribution < -0.4 is 0 Å². The van der Waals surface area contributed by atoms with Gasteiger partial charge in [-0.3, -0.25) is 4.79 Å². The van der Waals surface area contributed by atoms with Crippen molar-refractivity contribution in [2.75, 3.05) is 6.54 Å². The standard InChI is InChI=1S/C10H12N2O3/c1-6(13)12-3-2-8-7(5-12)4-9(11-8)10(14)15/h4,11H,2-3,5H2,1H3,(H,14,15). The first-order valence-corrected chi connectivity index (χ1v) is 4.77. The number of aromatic carboxylic acids is 1. The number of carboxylic acids is 1. The predicted octanol–water partition coefficient (Wildman–Crippen LogP) is 0.617. The van der Waals surface area contributed by atoms with Gasteiger partial charge in [0.25, 0.3) is 0 Å². The quantitative estimate of drug-likeness (QED) is 0.710. The van der Waals surface area contributed by atoms with Gasteiger partial charge in [0.2, 0.25) is 5.91 Å². The summed E-state index contributed by atoms with van der Waals surface area (Å²) < 4.78 is 0. The predicted molar refractivity (Wildman–Crippen MR) is 52.5 cm³/mol. The van der Waals surface area contributed by atoms with Gasteiger partial charge in [-0.1, -0.05) is 0 Å². The average molecular weight is 208 g/mol. The molecule has 1 aromatic rings.